The first-order chi connectivity index (χ1) is 12.6. The van der Waals surface area contributed by atoms with Crippen LogP contribution in [0.15, 0.2) is 36.7 Å². The molecule has 1 aliphatic rings. The number of anilines is 1. The van der Waals surface area contributed by atoms with Gasteiger partial charge in [-0.25, -0.2) is 4.98 Å². The Labute approximate surface area is 152 Å². The van der Waals surface area contributed by atoms with Gasteiger partial charge in [0, 0.05) is 44.8 Å². The van der Waals surface area contributed by atoms with E-state index in [0.29, 0.717) is 12.2 Å². The van der Waals surface area contributed by atoms with Crippen molar-refractivity contribution in [3.63, 3.8) is 0 Å². The molecule has 134 valence electrons. The molecule has 1 amide bonds. The van der Waals surface area contributed by atoms with Crippen molar-refractivity contribution in [1.82, 2.24) is 24.6 Å². The lowest BCUT2D eigenvalue weighted by atomic mass is 10.2. The average molecular weight is 350 g/mol. The maximum Gasteiger partial charge on any atom is 0.275 e. The number of nitrogens with zero attached hydrogens (tertiary/aromatic N) is 6. The minimum absolute atomic E-state index is 0.000948. The van der Waals surface area contributed by atoms with Crippen molar-refractivity contribution in [3.8, 4) is 0 Å². The minimum atomic E-state index is -0.000948. The van der Waals surface area contributed by atoms with Gasteiger partial charge in [-0.2, -0.15) is 5.10 Å². The molecule has 0 radical (unpaired) electrons. The summed E-state index contributed by atoms with van der Waals surface area (Å²) in [4.78, 5) is 26.0. The molecule has 1 saturated heterocycles. The molecule has 0 saturated carbocycles. The molecule has 1 aliphatic heterocycles. The predicted octanol–water partition coefficient (Wildman–Crippen LogP) is 2.02. The first-order valence-electron chi connectivity index (χ1n) is 8.88. The van der Waals surface area contributed by atoms with Crippen LogP contribution >= 0.6 is 0 Å². The molecule has 2 aromatic heterocycles. The van der Waals surface area contributed by atoms with Crippen LogP contribution in [0.25, 0.3) is 10.9 Å². The van der Waals surface area contributed by atoms with Gasteiger partial charge in [-0.3, -0.25) is 14.5 Å². The lowest BCUT2D eigenvalue weighted by Crippen LogP contribution is -2.35. The van der Waals surface area contributed by atoms with E-state index in [1.807, 2.05) is 43.1 Å². The number of aryl methyl sites for hydroxylation is 2. The normalized spacial score (nSPS) is 15.3. The van der Waals surface area contributed by atoms with E-state index in [-0.39, 0.29) is 5.91 Å². The zero-order valence-electron chi connectivity index (χ0n) is 15.1. The number of fused-ring (bicyclic) bond motifs is 1. The molecule has 3 heterocycles. The monoisotopic (exact) mass is 350 g/mol. The van der Waals surface area contributed by atoms with Gasteiger partial charge in [0.05, 0.1) is 17.4 Å². The second-order valence-corrected chi connectivity index (χ2v) is 6.64. The first kappa shape index (κ1) is 16.5. The average Bonchev–Trinajstić information content (AvgIpc) is 2.83. The smallest absolute Gasteiger partial charge is 0.275 e. The highest BCUT2D eigenvalue weighted by molar-refractivity contribution is 6.04. The molecular formula is C19H22N6O. The van der Waals surface area contributed by atoms with Crippen molar-refractivity contribution in [1.29, 1.82) is 0 Å². The molecule has 26 heavy (non-hydrogen) atoms. The Morgan fingerprint density at radius 1 is 1.08 bits per heavy atom. The summed E-state index contributed by atoms with van der Waals surface area (Å²) in [7, 11) is 1.87. The number of amides is 1. The summed E-state index contributed by atoms with van der Waals surface area (Å²) >= 11 is 0. The third-order valence-corrected chi connectivity index (χ3v) is 4.81. The zero-order chi connectivity index (χ0) is 18.1. The summed E-state index contributed by atoms with van der Waals surface area (Å²) in [5.74, 6) is 0.876. The van der Waals surface area contributed by atoms with E-state index >= 15 is 0 Å². The van der Waals surface area contributed by atoms with E-state index in [1.165, 1.54) is 0 Å². The van der Waals surface area contributed by atoms with Gasteiger partial charge in [-0.05, 0) is 19.4 Å². The Kier molecular flexibility index (Phi) is 4.28. The van der Waals surface area contributed by atoms with Crippen LogP contribution in [0.2, 0.25) is 0 Å². The van der Waals surface area contributed by atoms with Crippen molar-refractivity contribution in [2.24, 2.45) is 7.05 Å². The number of carbonyl (C=O) groups is 1. The molecule has 4 rings (SSSR count). The summed E-state index contributed by atoms with van der Waals surface area (Å²) in [6.07, 6.45) is 4.44. The summed E-state index contributed by atoms with van der Waals surface area (Å²) in [5.41, 5.74) is 2.41. The summed E-state index contributed by atoms with van der Waals surface area (Å²) in [6.45, 7) is 4.93. The lowest BCUT2D eigenvalue weighted by Gasteiger charge is -2.22. The van der Waals surface area contributed by atoms with Gasteiger partial charge >= 0.3 is 0 Å². The number of benzene rings is 1. The van der Waals surface area contributed by atoms with Gasteiger partial charge in [-0.1, -0.05) is 18.2 Å². The highest BCUT2D eigenvalue weighted by Gasteiger charge is 2.24. The number of hydrogen-bond donors (Lipinski definition) is 0. The Hall–Kier alpha value is -2.96. The first-order valence-corrected chi connectivity index (χ1v) is 8.88. The van der Waals surface area contributed by atoms with Gasteiger partial charge in [0.2, 0.25) is 0 Å². The van der Waals surface area contributed by atoms with E-state index in [1.54, 1.807) is 17.1 Å². The molecule has 7 nitrogen and oxygen atoms in total. The number of aromatic nitrogens is 4. The third kappa shape index (κ3) is 3.00. The van der Waals surface area contributed by atoms with Crippen LogP contribution in [0, 0.1) is 6.92 Å². The molecule has 0 atom stereocenters. The molecule has 3 aromatic rings. The van der Waals surface area contributed by atoms with E-state index < -0.39 is 0 Å². The minimum Gasteiger partial charge on any atom is -0.353 e. The van der Waals surface area contributed by atoms with Crippen molar-refractivity contribution in [2.75, 3.05) is 31.1 Å². The Morgan fingerprint density at radius 3 is 2.77 bits per heavy atom. The van der Waals surface area contributed by atoms with Gasteiger partial charge in [0.25, 0.3) is 5.91 Å². The van der Waals surface area contributed by atoms with Crippen LogP contribution < -0.4 is 4.90 Å². The molecular weight excluding hydrogens is 328 g/mol. The van der Waals surface area contributed by atoms with Crippen LogP contribution in [0.4, 0.5) is 5.82 Å². The Morgan fingerprint density at radius 2 is 1.92 bits per heavy atom. The summed E-state index contributed by atoms with van der Waals surface area (Å²) in [6, 6.07) is 7.86. The van der Waals surface area contributed by atoms with Gasteiger partial charge < -0.3 is 9.80 Å². The van der Waals surface area contributed by atoms with E-state index in [0.717, 1.165) is 48.5 Å². The van der Waals surface area contributed by atoms with Gasteiger partial charge in [0.15, 0.2) is 5.69 Å². The maximum atomic E-state index is 13.1. The molecule has 0 bridgehead atoms. The second kappa shape index (κ2) is 6.74. The number of rotatable bonds is 2. The van der Waals surface area contributed by atoms with E-state index in [4.69, 9.17) is 0 Å². The standard InChI is InChI=1S/C19H22N6O/c1-14-12-20-13-17(21-14)24-8-5-9-25(11-10-24)19(26)18-15-6-3-4-7-16(15)23(2)22-18/h3-4,6-7,12-13H,5,8-11H2,1-2H3. The van der Waals surface area contributed by atoms with Crippen LogP contribution in [0.3, 0.4) is 0 Å². The van der Waals surface area contributed by atoms with Crippen LogP contribution in [0.5, 0.6) is 0 Å². The largest absolute Gasteiger partial charge is 0.353 e. The molecule has 1 fully saturated rings. The molecule has 0 aliphatic carbocycles. The van der Waals surface area contributed by atoms with Gasteiger partial charge in [-0.15, -0.1) is 0 Å². The topological polar surface area (TPSA) is 67.2 Å². The third-order valence-electron chi connectivity index (χ3n) is 4.81. The Balaban J connectivity index is 1.54. The zero-order valence-corrected chi connectivity index (χ0v) is 15.1. The van der Waals surface area contributed by atoms with Gasteiger partial charge in [0.1, 0.15) is 5.82 Å². The number of carbonyl (C=O) groups excluding carboxylic acids is 1. The van der Waals surface area contributed by atoms with Crippen LogP contribution in [-0.4, -0.2) is 56.7 Å². The fourth-order valence-electron chi connectivity index (χ4n) is 3.47. The fraction of sp³-hybridized carbons (Fsp3) is 0.368. The maximum absolute atomic E-state index is 13.1. The highest BCUT2D eigenvalue weighted by atomic mass is 16.2. The molecule has 1 aromatic carbocycles. The quantitative estimate of drug-likeness (QED) is 0.707. The molecule has 0 spiro atoms. The van der Waals surface area contributed by atoms with Crippen molar-refractivity contribution >= 4 is 22.6 Å². The van der Waals surface area contributed by atoms with E-state index in [9.17, 15) is 4.79 Å². The summed E-state index contributed by atoms with van der Waals surface area (Å²) in [5, 5.41) is 5.38. The second-order valence-electron chi connectivity index (χ2n) is 6.64. The fourth-order valence-corrected chi connectivity index (χ4v) is 3.47. The molecule has 0 N–H and O–H groups in total. The highest BCUT2D eigenvalue weighted by Crippen LogP contribution is 2.20. The predicted molar refractivity (Wildman–Crippen MR) is 100 cm³/mol. The van der Waals surface area contributed by atoms with Crippen molar-refractivity contribution < 1.29 is 4.79 Å². The molecule has 0 unspecified atom stereocenters. The SMILES string of the molecule is Cc1cncc(N2CCCN(C(=O)c3nn(C)c4ccccc34)CC2)n1. The van der Waals surface area contributed by atoms with Crippen molar-refractivity contribution in [3.05, 3.63) is 48.0 Å². The Bertz CT molecular complexity index is 950. The van der Waals surface area contributed by atoms with Crippen LogP contribution in [0.1, 0.15) is 22.6 Å². The summed E-state index contributed by atoms with van der Waals surface area (Å²) < 4.78 is 1.77. The molecule has 7 heteroatoms. The lowest BCUT2D eigenvalue weighted by molar-refractivity contribution is 0.0762. The number of hydrogen-bond acceptors (Lipinski definition) is 5. The van der Waals surface area contributed by atoms with Crippen LogP contribution in [-0.2, 0) is 7.05 Å². The van der Waals surface area contributed by atoms with E-state index in [2.05, 4.69) is 20.0 Å². The van der Waals surface area contributed by atoms with Crippen molar-refractivity contribution in [2.45, 2.75) is 13.3 Å². The number of para-hydroxylation sites is 1.